The Hall–Kier alpha value is -0.240. The molecule has 1 aromatic carbocycles. The molecule has 1 nitrogen and oxygen atoms in total. The van der Waals surface area contributed by atoms with E-state index in [4.69, 9.17) is 23.2 Å². The van der Waals surface area contributed by atoms with Crippen molar-refractivity contribution in [3.05, 3.63) is 33.8 Å². The number of hydrogen-bond donors (Lipinski definition) is 1. The Morgan fingerprint density at radius 1 is 1.28 bits per heavy atom. The maximum Gasteiger partial charge on any atom is 0.0595 e. The lowest BCUT2D eigenvalue weighted by atomic mass is 9.86. The SMILES string of the molecule is CNC(Cc1ccc(Cl)c(Cl)c1)C1CCCC1C. The summed E-state index contributed by atoms with van der Waals surface area (Å²) in [6.07, 6.45) is 5.10. The number of benzene rings is 1. The molecule has 0 amide bonds. The van der Waals surface area contributed by atoms with Crippen LogP contribution in [-0.2, 0) is 6.42 Å². The molecule has 1 aliphatic rings. The summed E-state index contributed by atoms with van der Waals surface area (Å²) in [6.45, 7) is 2.37. The Bertz CT molecular complexity index is 405. The molecule has 1 saturated carbocycles. The molecule has 3 atom stereocenters. The molecule has 0 saturated heterocycles. The largest absolute Gasteiger partial charge is 0.316 e. The topological polar surface area (TPSA) is 12.0 Å². The van der Waals surface area contributed by atoms with E-state index in [1.54, 1.807) is 0 Å². The first kappa shape index (κ1) is 14.2. The zero-order valence-electron chi connectivity index (χ0n) is 11.0. The summed E-state index contributed by atoms with van der Waals surface area (Å²) in [5, 5.41) is 4.77. The number of likely N-dealkylation sites (N-methyl/N-ethyl adjacent to an activating group) is 1. The zero-order chi connectivity index (χ0) is 13.1. The molecule has 1 N–H and O–H groups in total. The predicted octanol–water partition coefficient (Wildman–Crippen LogP) is 4.56. The minimum absolute atomic E-state index is 0.541. The van der Waals surface area contributed by atoms with Crippen molar-refractivity contribution in [2.75, 3.05) is 7.05 Å². The van der Waals surface area contributed by atoms with E-state index in [0.717, 1.165) is 18.3 Å². The Morgan fingerprint density at radius 3 is 2.61 bits per heavy atom. The Labute approximate surface area is 120 Å². The standard InChI is InChI=1S/C15H21Cl2N/c1-10-4-3-5-12(10)15(18-2)9-11-6-7-13(16)14(17)8-11/h6-8,10,12,15,18H,3-5,9H2,1-2H3. The fourth-order valence-corrected chi connectivity index (χ4v) is 3.48. The van der Waals surface area contributed by atoms with Gasteiger partial charge in [0.25, 0.3) is 0 Å². The van der Waals surface area contributed by atoms with Gasteiger partial charge in [-0.05, 0) is 49.4 Å². The van der Waals surface area contributed by atoms with E-state index in [0.29, 0.717) is 16.1 Å². The van der Waals surface area contributed by atoms with Gasteiger partial charge in [-0.15, -0.1) is 0 Å². The normalized spacial score (nSPS) is 25.3. The Morgan fingerprint density at radius 2 is 2.06 bits per heavy atom. The van der Waals surface area contributed by atoms with E-state index in [-0.39, 0.29) is 0 Å². The maximum atomic E-state index is 6.08. The van der Waals surface area contributed by atoms with Gasteiger partial charge in [-0.25, -0.2) is 0 Å². The second kappa shape index (κ2) is 6.27. The smallest absolute Gasteiger partial charge is 0.0595 e. The van der Waals surface area contributed by atoms with Crippen molar-refractivity contribution < 1.29 is 0 Å². The average molecular weight is 286 g/mol. The molecule has 1 aliphatic carbocycles. The molecule has 0 spiro atoms. The lowest BCUT2D eigenvalue weighted by Crippen LogP contribution is -2.36. The molecule has 3 heteroatoms. The third kappa shape index (κ3) is 3.20. The zero-order valence-corrected chi connectivity index (χ0v) is 12.6. The van der Waals surface area contributed by atoms with Gasteiger partial charge in [-0.3, -0.25) is 0 Å². The molecule has 1 aromatic rings. The van der Waals surface area contributed by atoms with E-state index in [9.17, 15) is 0 Å². The maximum absolute atomic E-state index is 6.08. The van der Waals surface area contributed by atoms with E-state index < -0.39 is 0 Å². The second-order valence-electron chi connectivity index (χ2n) is 5.42. The molecule has 2 rings (SSSR count). The first-order valence-corrected chi connectivity index (χ1v) is 7.48. The van der Waals surface area contributed by atoms with Gasteiger partial charge >= 0.3 is 0 Å². The van der Waals surface area contributed by atoms with Crippen LogP contribution in [0.25, 0.3) is 0 Å². The van der Waals surface area contributed by atoms with Crippen LogP contribution in [0.3, 0.4) is 0 Å². The summed E-state index contributed by atoms with van der Waals surface area (Å²) in [7, 11) is 2.06. The molecule has 18 heavy (non-hydrogen) atoms. The van der Waals surface area contributed by atoms with Crippen LogP contribution in [0.15, 0.2) is 18.2 Å². The molecule has 100 valence electrons. The Kier molecular flexibility index (Phi) is 4.94. The van der Waals surface area contributed by atoms with Gasteiger partial charge in [0.15, 0.2) is 0 Å². The highest BCUT2D eigenvalue weighted by Gasteiger charge is 2.29. The summed E-state index contributed by atoms with van der Waals surface area (Å²) in [5.41, 5.74) is 1.27. The van der Waals surface area contributed by atoms with Crippen molar-refractivity contribution in [1.82, 2.24) is 5.32 Å². The van der Waals surface area contributed by atoms with Crippen LogP contribution in [0.5, 0.6) is 0 Å². The fourth-order valence-electron chi connectivity index (χ4n) is 3.16. The molecular weight excluding hydrogens is 265 g/mol. The lowest BCUT2D eigenvalue weighted by molar-refractivity contribution is 0.308. The number of rotatable bonds is 4. The first-order valence-electron chi connectivity index (χ1n) is 6.73. The van der Waals surface area contributed by atoms with Crippen molar-refractivity contribution in [3.8, 4) is 0 Å². The molecule has 0 radical (unpaired) electrons. The van der Waals surface area contributed by atoms with Gasteiger partial charge in [0.05, 0.1) is 10.0 Å². The fraction of sp³-hybridized carbons (Fsp3) is 0.600. The third-order valence-corrected chi connectivity index (χ3v) is 4.99. The molecule has 1 fully saturated rings. The monoisotopic (exact) mass is 285 g/mol. The predicted molar refractivity (Wildman–Crippen MR) is 79.5 cm³/mol. The van der Waals surface area contributed by atoms with Crippen LogP contribution in [-0.4, -0.2) is 13.1 Å². The van der Waals surface area contributed by atoms with Gasteiger partial charge < -0.3 is 5.32 Å². The van der Waals surface area contributed by atoms with E-state index >= 15 is 0 Å². The summed E-state index contributed by atoms with van der Waals surface area (Å²) in [4.78, 5) is 0. The number of hydrogen-bond acceptors (Lipinski definition) is 1. The average Bonchev–Trinajstić information content (AvgIpc) is 2.77. The molecule has 0 aromatic heterocycles. The van der Waals surface area contributed by atoms with Gasteiger partial charge in [0, 0.05) is 6.04 Å². The molecular formula is C15H21Cl2N. The summed E-state index contributed by atoms with van der Waals surface area (Å²) in [5.74, 6) is 1.61. The van der Waals surface area contributed by atoms with Gasteiger partial charge in [-0.1, -0.05) is 49.0 Å². The highest BCUT2D eigenvalue weighted by molar-refractivity contribution is 6.42. The summed E-state index contributed by atoms with van der Waals surface area (Å²) >= 11 is 12.0. The molecule has 3 unspecified atom stereocenters. The van der Waals surface area contributed by atoms with Crippen molar-refractivity contribution in [3.63, 3.8) is 0 Å². The third-order valence-electron chi connectivity index (χ3n) is 4.26. The van der Waals surface area contributed by atoms with Crippen molar-refractivity contribution in [2.45, 2.75) is 38.6 Å². The Balaban J connectivity index is 2.07. The minimum Gasteiger partial charge on any atom is -0.316 e. The summed E-state index contributed by atoms with van der Waals surface area (Å²) in [6, 6.07) is 6.51. The van der Waals surface area contributed by atoms with Crippen LogP contribution in [0, 0.1) is 11.8 Å². The van der Waals surface area contributed by atoms with Crippen molar-refractivity contribution in [1.29, 1.82) is 0 Å². The molecule has 0 heterocycles. The van der Waals surface area contributed by atoms with Crippen LogP contribution < -0.4 is 5.32 Å². The van der Waals surface area contributed by atoms with E-state index in [2.05, 4.69) is 25.4 Å². The van der Waals surface area contributed by atoms with Gasteiger partial charge in [0.1, 0.15) is 0 Å². The molecule has 0 bridgehead atoms. The van der Waals surface area contributed by atoms with Crippen LogP contribution in [0.2, 0.25) is 10.0 Å². The highest BCUT2D eigenvalue weighted by atomic mass is 35.5. The van der Waals surface area contributed by atoms with Crippen molar-refractivity contribution >= 4 is 23.2 Å². The quantitative estimate of drug-likeness (QED) is 0.855. The molecule has 0 aliphatic heterocycles. The number of nitrogens with one attached hydrogen (secondary N) is 1. The van der Waals surface area contributed by atoms with Crippen LogP contribution in [0.4, 0.5) is 0 Å². The van der Waals surface area contributed by atoms with E-state index in [1.165, 1.54) is 24.8 Å². The summed E-state index contributed by atoms with van der Waals surface area (Å²) < 4.78 is 0. The van der Waals surface area contributed by atoms with Crippen LogP contribution in [0.1, 0.15) is 31.7 Å². The van der Waals surface area contributed by atoms with Crippen molar-refractivity contribution in [2.24, 2.45) is 11.8 Å². The van der Waals surface area contributed by atoms with E-state index in [1.807, 2.05) is 12.1 Å². The van der Waals surface area contributed by atoms with Gasteiger partial charge in [-0.2, -0.15) is 0 Å². The second-order valence-corrected chi connectivity index (χ2v) is 6.23. The number of halogens is 2. The highest BCUT2D eigenvalue weighted by Crippen LogP contribution is 2.35. The van der Waals surface area contributed by atoms with Crippen LogP contribution >= 0.6 is 23.2 Å². The first-order chi connectivity index (χ1) is 8.61. The minimum atomic E-state index is 0.541. The van der Waals surface area contributed by atoms with Gasteiger partial charge in [0.2, 0.25) is 0 Å². The lowest BCUT2D eigenvalue weighted by Gasteiger charge is -2.27.